The summed E-state index contributed by atoms with van der Waals surface area (Å²) in [5.74, 6) is 0.428. The lowest BCUT2D eigenvalue weighted by molar-refractivity contribution is 1.11. The second-order valence-corrected chi connectivity index (χ2v) is 4.46. The molecule has 2 N–H and O–H groups in total. The average Bonchev–Trinajstić information content (AvgIpc) is 2.73. The van der Waals surface area contributed by atoms with Crippen LogP contribution in [0, 0.1) is 0 Å². The van der Waals surface area contributed by atoms with Crippen molar-refractivity contribution in [2.75, 3.05) is 5.73 Å². The molecular formula is C12H9BrN4. The minimum atomic E-state index is 0.428. The Labute approximate surface area is 106 Å². The molecule has 1 aromatic carbocycles. The van der Waals surface area contributed by atoms with Gasteiger partial charge in [0.15, 0.2) is 11.5 Å². The SMILES string of the molecule is Nc1nc(-c2ccccc2)cn2c(Br)cnc12. The van der Waals surface area contributed by atoms with E-state index in [1.165, 1.54) is 0 Å². The van der Waals surface area contributed by atoms with E-state index < -0.39 is 0 Å². The smallest absolute Gasteiger partial charge is 0.180 e. The van der Waals surface area contributed by atoms with Gasteiger partial charge in [-0.3, -0.25) is 4.40 Å². The van der Waals surface area contributed by atoms with Crippen molar-refractivity contribution in [3.63, 3.8) is 0 Å². The second-order valence-electron chi connectivity index (χ2n) is 3.65. The van der Waals surface area contributed by atoms with E-state index in [1.807, 2.05) is 40.9 Å². The molecule has 0 fully saturated rings. The molecule has 0 aliphatic heterocycles. The number of imidazole rings is 1. The number of nitrogens with two attached hydrogens (primary N) is 1. The Balaban J connectivity index is 2.28. The number of benzene rings is 1. The number of hydrogen-bond acceptors (Lipinski definition) is 3. The van der Waals surface area contributed by atoms with Gasteiger partial charge in [0.1, 0.15) is 4.60 Å². The van der Waals surface area contributed by atoms with Gasteiger partial charge in [-0.2, -0.15) is 0 Å². The summed E-state index contributed by atoms with van der Waals surface area (Å²) in [4.78, 5) is 8.54. The Kier molecular flexibility index (Phi) is 2.33. The van der Waals surface area contributed by atoms with E-state index >= 15 is 0 Å². The molecule has 0 saturated carbocycles. The van der Waals surface area contributed by atoms with Crippen LogP contribution in [0.3, 0.4) is 0 Å². The number of rotatable bonds is 1. The highest BCUT2D eigenvalue weighted by molar-refractivity contribution is 9.10. The highest BCUT2D eigenvalue weighted by atomic mass is 79.9. The number of nitrogens with zero attached hydrogens (tertiary/aromatic N) is 3. The fraction of sp³-hybridized carbons (Fsp3) is 0. The van der Waals surface area contributed by atoms with Crippen LogP contribution in [-0.4, -0.2) is 14.4 Å². The zero-order valence-corrected chi connectivity index (χ0v) is 10.4. The molecule has 0 unspecified atom stereocenters. The number of aromatic nitrogens is 3. The van der Waals surface area contributed by atoms with Crippen molar-refractivity contribution in [2.24, 2.45) is 0 Å². The van der Waals surface area contributed by atoms with Crippen LogP contribution in [0.1, 0.15) is 0 Å². The third kappa shape index (κ3) is 1.68. The highest BCUT2D eigenvalue weighted by Gasteiger charge is 2.08. The number of anilines is 1. The summed E-state index contributed by atoms with van der Waals surface area (Å²) in [6.07, 6.45) is 3.63. The van der Waals surface area contributed by atoms with Gasteiger partial charge in [-0.1, -0.05) is 30.3 Å². The number of fused-ring (bicyclic) bond motifs is 1. The van der Waals surface area contributed by atoms with Crippen LogP contribution >= 0.6 is 15.9 Å². The topological polar surface area (TPSA) is 56.2 Å². The fourth-order valence-corrected chi connectivity index (χ4v) is 2.10. The Morgan fingerprint density at radius 1 is 1.18 bits per heavy atom. The molecule has 17 heavy (non-hydrogen) atoms. The van der Waals surface area contributed by atoms with E-state index in [9.17, 15) is 0 Å². The second kappa shape index (κ2) is 3.85. The van der Waals surface area contributed by atoms with Gasteiger partial charge < -0.3 is 5.73 Å². The quantitative estimate of drug-likeness (QED) is 0.749. The maximum atomic E-state index is 5.89. The van der Waals surface area contributed by atoms with Crippen LogP contribution in [0.25, 0.3) is 16.9 Å². The Hall–Kier alpha value is -1.88. The summed E-state index contributed by atoms with van der Waals surface area (Å²) < 4.78 is 2.74. The summed E-state index contributed by atoms with van der Waals surface area (Å²) in [5.41, 5.74) is 8.41. The molecule has 4 nitrogen and oxygen atoms in total. The molecule has 3 rings (SSSR count). The minimum Gasteiger partial charge on any atom is -0.381 e. The molecule has 0 aliphatic rings. The van der Waals surface area contributed by atoms with Gasteiger partial charge in [-0.15, -0.1) is 0 Å². The summed E-state index contributed by atoms with van der Waals surface area (Å²) in [7, 11) is 0. The van der Waals surface area contributed by atoms with Crippen molar-refractivity contribution in [3.8, 4) is 11.3 Å². The van der Waals surface area contributed by atoms with Crippen LogP contribution in [0.2, 0.25) is 0 Å². The predicted octanol–water partition coefficient (Wildman–Crippen LogP) is 2.74. The first-order valence-electron chi connectivity index (χ1n) is 5.10. The van der Waals surface area contributed by atoms with Crippen LogP contribution in [0.5, 0.6) is 0 Å². The lowest BCUT2D eigenvalue weighted by Crippen LogP contribution is -1.99. The third-order valence-electron chi connectivity index (χ3n) is 2.54. The van der Waals surface area contributed by atoms with E-state index in [1.54, 1.807) is 6.20 Å². The van der Waals surface area contributed by atoms with E-state index in [0.717, 1.165) is 15.9 Å². The van der Waals surface area contributed by atoms with E-state index in [0.29, 0.717) is 11.5 Å². The summed E-state index contributed by atoms with van der Waals surface area (Å²) >= 11 is 3.42. The highest BCUT2D eigenvalue weighted by Crippen LogP contribution is 2.23. The van der Waals surface area contributed by atoms with Gasteiger partial charge in [0.25, 0.3) is 0 Å². The number of nitrogen functional groups attached to an aromatic ring is 1. The van der Waals surface area contributed by atoms with Crippen LogP contribution in [0.15, 0.2) is 47.3 Å². The predicted molar refractivity (Wildman–Crippen MR) is 70.5 cm³/mol. The largest absolute Gasteiger partial charge is 0.381 e. The van der Waals surface area contributed by atoms with Gasteiger partial charge in [-0.25, -0.2) is 9.97 Å². The van der Waals surface area contributed by atoms with Gasteiger partial charge in [-0.05, 0) is 15.9 Å². The van der Waals surface area contributed by atoms with Crippen LogP contribution in [-0.2, 0) is 0 Å². The van der Waals surface area contributed by atoms with E-state index in [-0.39, 0.29) is 0 Å². The van der Waals surface area contributed by atoms with Crippen molar-refractivity contribution < 1.29 is 0 Å². The monoisotopic (exact) mass is 288 g/mol. The standard InChI is InChI=1S/C12H9BrN4/c13-10-6-15-12-11(14)16-9(7-17(10)12)8-4-2-1-3-5-8/h1-7H,(H2,14,16). The molecule has 0 saturated heterocycles. The first-order valence-corrected chi connectivity index (χ1v) is 5.89. The third-order valence-corrected chi connectivity index (χ3v) is 3.13. The van der Waals surface area contributed by atoms with Crippen molar-refractivity contribution in [3.05, 3.63) is 47.3 Å². The molecule has 3 aromatic rings. The molecule has 0 amide bonds. The first-order chi connectivity index (χ1) is 8.25. The zero-order valence-electron chi connectivity index (χ0n) is 8.84. The molecule has 0 radical (unpaired) electrons. The zero-order chi connectivity index (χ0) is 11.8. The van der Waals surface area contributed by atoms with Crippen molar-refractivity contribution in [1.82, 2.24) is 14.4 Å². The van der Waals surface area contributed by atoms with Crippen molar-refractivity contribution in [1.29, 1.82) is 0 Å². The van der Waals surface area contributed by atoms with Gasteiger partial charge >= 0.3 is 0 Å². The number of hydrogen-bond donors (Lipinski definition) is 1. The molecule has 0 aliphatic carbocycles. The molecule has 5 heteroatoms. The fourth-order valence-electron chi connectivity index (χ4n) is 1.73. The average molecular weight is 289 g/mol. The normalized spacial score (nSPS) is 10.9. The van der Waals surface area contributed by atoms with Gasteiger partial charge in [0, 0.05) is 11.8 Å². The minimum absolute atomic E-state index is 0.428. The lowest BCUT2D eigenvalue weighted by Gasteiger charge is -2.04. The van der Waals surface area contributed by atoms with Crippen LogP contribution < -0.4 is 5.73 Å². The summed E-state index contributed by atoms with van der Waals surface area (Å²) in [5, 5.41) is 0. The lowest BCUT2D eigenvalue weighted by atomic mass is 10.2. The molecule has 2 aromatic heterocycles. The van der Waals surface area contributed by atoms with E-state index in [4.69, 9.17) is 5.73 Å². The van der Waals surface area contributed by atoms with Gasteiger partial charge in [0.2, 0.25) is 0 Å². The van der Waals surface area contributed by atoms with Crippen molar-refractivity contribution in [2.45, 2.75) is 0 Å². The number of halogens is 1. The Morgan fingerprint density at radius 2 is 1.94 bits per heavy atom. The summed E-state index contributed by atoms with van der Waals surface area (Å²) in [6.45, 7) is 0. The maximum absolute atomic E-state index is 5.89. The van der Waals surface area contributed by atoms with Crippen LogP contribution in [0.4, 0.5) is 5.82 Å². The summed E-state index contributed by atoms with van der Waals surface area (Å²) in [6, 6.07) is 9.91. The molecule has 84 valence electrons. The maximum Gasteiger partial charge on any atom is 0.180 e. The molecule has 0 spiro atoms. The van der Waals surface area contributed by atoms with E-state index in [2.05, 4.69) is 25.9 Å². The van der Waals surface area contributed by atoms with Gasteiger partial charge in [0.05, 0.1) is 11.9 Å². The Morgan fingerprint density at radius 3 is 2.71 bits per heavy atom. The molecule has 0 atom stereocenters. The first kappa shape index (κ1) is 10.3. The molecule has 2 heterocycles. The Bertz CT molecular complexity index is 676. The molecular weight excluding hydrogens is 280 g/mol. The van der Waals surface area contributed by atoms with Crippen molar-refractivity contribution >= 4 is 27.4 Å². The molecule has 0 bridgehead atoms.